The Morgan fingerprint density at radius 2 is 2.03 bits per heavy atom. The van der Waals surface area contributed by atoms with Crippen LogP contribution in [0.5, 0.6) is 5.88 Å². The highest BCUT2D eigenvalue weighted by molar-refractivity contribution is 6.02. The molecule has 3 atom stereocenters. The second-order valence-electron chi connectivity index (χ2n) is 9.62. The molecule has 12 nitrogen and oxygen atoms in total. The number of nitrogens with one attached hydrogen (secondary N) is 3. The Labute approximate surface area is 204 Å². The van der Waals surface area contributed by atoms with E-state index in [1.807, 2.05) is 0 Å². The van der Waals surface area contributed by atoms with Crippen molar-refractivity contribution >= 4 is 24.3 Å². The fraction of sp³-hybridized carbons (Fsp3) is 0.591. The van der Waals surface area contributed by atoms with E-state index in [2.05, 4.69) is 25.9 Å². The summed E-state index contributed by atoms with van der Waals surface area (Å²) < 4.78 is 41.5. The molecule has 2 heterocycles. The van der Waals surface area contributed by atoms with Crippen LogP contribution in [0.15, 0.2) is 12.1 Å². The second-order valence-corrected chi connectivity index (χ2v) is 9.62. The molecular weight excluding hydrogens is 482 g/mol. The number of rotatable bonds is 10. The average molecular weight is 508 g/mol. The molecule has 6 rings (SSSR count). The number of nitrogens with zero attached hydrogens (tertiary/aromatic N) is 3. The number of carbonyl (C=O) groups excluding carboxylic acids is 3. The highest BCUT2D eigenvalue weighted by Gasteiger charge is 2.58. The van der Waals surface area contributed by atoms with Crippen molar-refractivity contribution in [1.29, 1.82) is 0 Å². The van der Waals surface area contributed by atoms with E-state index < -0.39 is 37.2 Å². The van der Waals surface area contributed by atoms with Gasteiger partial charge in [0.05, 0.1) is 0 Å². The number of aromatic nitrogens is 4. The number of alkyl halides is 2. The van der Waals surface area contributed by atoms with Crippen LogP contribution in [0.25, 0.3) is 0 Å². The summed E-state index contributed by atoms with van der Waals surface area (Å²) in [6.07, 6.45) is -0.631. The summed E-state index contributed by atoms with van der Waals surface area (Å²) in [5.41, 5.74) is 0.634. The van der Waals surface area contributed by atoms with Crippen LogP contribution in [-0.4, -0.2) is 69.2 Å². The number of aromatic amines is 1. The van der Waals surface area contributed by atoms with Crippen LogP contribution in [-0.2, 0) is 21.3 Å². The van der Waals surface area contributed by atoms with E-state index in [4.69, 9.17) is 14.2 Å². The summed E-state index contributed by atoms with van der Waals surface area (Å²) in [6, 6.07) is 2.89. The van der Waals surface area contributed by atoms with Crippen molar-refractivity contribution in [1.82, 2.24) is 25.3 Å². The molecule has 0 spiro atoms. The molecule has 194 valence electrons. The number of amides is 2. The number of halogens is 2. The highest BCUT2D eigenvalue weighted by Crippen LogP contribution is 2.57. The fourth-order valence-corrected chi connectivity index (χ4v) is 5.23. The van der Waals surface area contributed by atoms with Gasteiger partial charge in [-0.25, -0.2) is 13.6 Å². The van der Waals surface area contributed by atoms with Crippen molar-refractivity contribution in [3.63, 3.8) is 0 Å². The first-order valence-electron chi connectivity index (χ1n) is 11.6. The van der Waals surface area contributed by atoms with Crippen LogP contribution in [0.1, 0.15) is 54.2 Å². The minimum absolute atomic E-state index is 0.0901. The average Bonchev–Trinajstić information content (AvgIpc) is 3.48. The number of aryl methyl sites for hydroxylation is 1. The van der Waals surface area contributed by atoms with Gasteiger partial charge in [0.25, 0.3) is 18.8 Å². The summed E-state index contributed by atoms with van der Waals surface area (Å²) in [7, 11) is 1.48. The second kappa shape index (κ2) is 9.39. The molecule has 0 aromatic carbocycles. The first-order chi connectivity index (χ1) is 17.2. The Morgan fingerprint density at radius 1 is 1.28 bits per heavy atom. The zero-order valence-corrected chi connectivity index (χ0v) is 19.4. The van der Waals surface area contributed by atoms with E-state index in [9.17, 15) is 23.2 Å². The third-order valence-corrected chi connectivity index (χ3v) is 7.07. The van der Waals surface area contributed by atoms with Crippen LogP contribution in [0.3, 0.4) is 0 Å². The van der Waals surface area contributed by atoms with Crippen molar-refractivity contribution < 1.29 is 37.4 Å². The van der Waals surface area contributed by atoms with Crippen LogP contribution >= 0.6 is 0 Å². The summed E-state index contributed by atoms with van der Waals surface area (Å²) >= 11 is 0. The summed E-state index contributed by atoms with van der Waals surface area (Å²) in [5.74, 6) is 0.120. The molecule has 36 heavy (non-hydrogen) atoms. The molecule has 3 N–H and O–H groups in total. The molecule has 2 amide bonds. The Kier molecular flexibility index (Phi) is 6.26. The number of H-pyrrole nitrogens is 1. The van der Waals surface area contributed by atoms with Gasteiger partial charge in [0.1, 0.15) is 17.9 Å². The van der Waals surface area contributed by atoms with Gasteiger partial charge >= 0.3 is 6.09 Å². The zero-order chi connectivity index (χ0) is 25.4. The third-order valence-electron chi connectivity index (χ3n) is 7.07. The lowest BCUT2D eigenvalue weighted by Gasteiger charge is -2.61. The van der Waals surface area contributed by atoms with E-state index in [1.165, 1.54) is 17.8 Å². The van der Waals surface area contributed by atoms with E-state index in [0.717, 1.165) is 19.3 Å². The number of anilines is 1. The van der Waals surface area contributed by atoms with E-state index >= 15 is 0 Å². The molecule has 0 radical (unpaired) electrons. The quantitative estimate of drug-likeness (QED) is 0.413. The maximum Gasteiger partial charge on any atom is 0.407 e. The normalized spacial score (nSPS) is 28.1. The van der Waals surface area contributed by atoms with Crippen LogP contribution in [0, 0.1) is 5.92 Å². The predicted molar refractivity (Wildman–Crippen MR) is 118 cm³/mol. The van der Waals surface area contributed by atoms with E-state index in [1.54, 1.807) is 6.07 Å². The molecule has 2 aromatic rings. The van der Waals surface area contributed by atoms with Gasteiger partial charge in [-0.2, -0.15) is 5.10 Å². The Balaban J connectivity index is 1.18. The van der Waals surface area contributed by atoms with E-state index in [0.29, 0.717) is 30.9 Å². The van der Waals surface area contributed by atoms with Gasteiger partial charge in [-0.05, 0) is 38.0 Å². The van der Waals surface area contributed by atoms with Gasteiger partial charge in [-0.3, -0.25) is 19.4 Å². The number of hydrogen-bond acceptors (Lipinski definition) is 8. The maximum absolute atomic E-state index is 12.6. The summed E-state index contributed by atoms with van der Waals surface area (Å²) in [4.78, 5) is 36.0. The summed E-state index contributed by atoms with van der Waals surface area (Å²) in [5, 5.41) is 16.4. The van der Waals surface area contributed by atoms with Crippen LogP contribution in [0.4, 0.5) is 19.4 Å². The number of ether oxygens (including phenoxy) is 3. The molecule has 4 aliphatic rings. The molecule has 0 unspecified atom stereocenters. The Morgan fingerprint density at radius 3 is 2.69 bits per heavy atom. The van der Waals surface area contributed by atoms with Gasteiger partial charge in [-0.1, -0.05) is 0 Å². The van der Waals surface area contributed by atoms with Crippen LogP contribution in [0.2, 0.25) is 0 Å². The van der Waals surface area contributed by atoms with Crippen molar-refractivity contribution in [2.75, 3.05) is 11.9 Å². The SMILES string of the molecule is Cn1nc(OCC(F)F)cc1C(=O)Nc1cc([C@@H]2C[C@H](OC(=O)NC34CC(C3)C4)[C@H](OC=O)C2)[nH]n1. The first kappa shape index (κ1) is 24.0. The molecule has 2 aromatic heterocycles. The molecule has 4 saturated carbocycles. The van der Waals surface area contributed by atoms with Crippen LogP contribution < -0.4 is 15.4 Å². The smallest absolute Gasteiger partial charge is 0.407 e. The van der Waals surface area contributed by atoms with Crippen molar-refractivity contribution in [3.05, 3.63) is 23.5 Å². The maximum atomic E-state index is 12.6. The van der Waals surface area contributed by atoms with Gasteiger partial charge < -0.3 is 24.8 Å². The fourth-order valence-electron chi connectivity index (χ4n) is 5.23. The van der Waals surface area contributed by atoms with Crippen molar-refractivity contribution in [2.45, 2.75) is 62.2 Å². The number of alkyl carbamates (subject to hydrolysis) is 1. The number of hydrogen-bond donors (Lipinski definition) is 3. The molecule has 0 aliphatic heterocycles. The van der Waals surface area contributed by atoms with Gasteiger partial charge in [0, 0.05) is 36.3 Å². The Bertz CT molecular complexity index is 1130. The molecule has 14 heteroatoms. The minimum Gasteiger partial charge on any atom is -0.471 e. The van der Waals surface area contributed by atoms with Gasteiger partial charge in [0.2, 0.25) is 5.88 Å². The lowest BCUT2D eigenvalue weighted by Crippen LogP contribution is -2.68. The monoisotopic (exact) mass is 508 g/mol. The predicted octanol–water partition coefficient (Wildman–Crippen LogP) is 2.11. The molecule has 0 saturated heterocycles. The van der Waals surface area contributed by atoms with Crippen molar-refractivity contribution in [2.24, 2.45) is 13.0 Å². The number of carbonyl (C=O) groups is 3. The first-order valence-corrected chi connectivity index (χ1v) is 11.6. The lowest BCUT2D eigenvalue weighted by molar-refractivity contribution is -0.138. The Hall–Kier alpha value is -3.71. The zero-order valence-electron chi connectivity index (χ0n) is 19.4. The molecular formula is C22H26F2N6O6. The molecule has 4 aliphatic carbocycles. The largest absolute Gasteiger partial charge is 0.471 e. The third kappa shape index (κ3) is 4.84. The topological polar surface area (TPSA) is 149 Å². The standard InChI is InChI=1S/C22H26F2N6O6/c1-30-14(5-19(29-30)34-9-17(23)24)20(32)25-18-4-13(27-28-18)12-2-15(35-10-31)16(3-12)36-21(33)26-22-6-11(7-22)8-22/h4-5,10-12,15-17H,2-3,6-9H2,1H3,(H,26,33)(H2,25,27,28,32)/t11?,12-,15+,16-,22?/m0/s1. The van der Waals surface area contributed by atoms with Gasteiger partial charge in [0.15, 0.2) is 12.4 Å². The van der Waals surface area contributed by atoms with Gasteiger partial charge in [-0.15, -0.1) is 5.10 Å². The molecule has 4 fully saturated rings. The van der Waals surface area contributed by atoms with Crippen molar-refractivity contribution in [3.8, 4) is 5.88 Å². The van der Waals surface area contributed by atoms with E-state index in [-0.39, 0.29) is 28.8 Å². The summed E-state index contributed by atoms with van der Waals surface area (Å²) in [6.45, 7) is -0.487. The highest BCUT2D eigenvalue weighted by atomic mass is 19.3. The minimum atomic E-state index is -2.66. The lowest BCUT2D eigenvalue weighted by atomic mass is 9.50. The molecule has 2 bridgehead atoms.